The molecule has 4 rings (SSSR count). The van der Waals surface area contributed by atoms with Gasteiger partial charge in [0.2, 0.25) is 0 Å². The number of carbonyl (C=O) groups is 2. The number of aromatic nitrogens is 1. The van der Waals surface area contributed by atoms with Gasteiger partial charge < -0.3 is 19.9 Å². The Morgan fingerprint density at radius 2 is 1.79 bits per heavy atom. The minimum Gasteiger partial charge on any atom is -0.423 e. The van der Waals surface area contributed by atoms with Crippen molar-refractivity contribution in [1.82, 2.24) is 14.8 Å². The molecule has 0 unspecified atom stereocenters. The van der Waals surface area contributed by atoms with E-state index < -0.39 is 17.6 Å². The molecule has 222 valence electrons. The number of nitrogens with one attached hydrogen (secondary N) is 1. The standard InChI is InChI=1S/C32H35F3N4O3/c1-22(2)38-15-12-29(13-16-38)39(20-25-5-4-6-27(18-25)37-28-11-14-36-23(3)17-28)31(41)30(42-21-40)19-24-7-9-26(10-8-24)32(33,34)35/h4-11,14,17-19,21-22,29H,12-13,15-16,20H2,1-3H3,(H,36,37)/b30-19+. The van der Waals surface area contributed by atoms with Gasteiger partial charge in [-0.15, -0.1) is 0 Å². The fourth-order valence-corrected chi connectivity index (χ4v) is 5.07. The van der Waals surface area contributed by atoms with Crippen LogP contribution in [-0.4, -0.2) is 52.3 Å². The second-order valence-corrected chi connectivity index (χ2v) is 10.6. The van der Waals surface area contributed by atoms with Gasteiger partial charge in [-0.3, -0.25) is 14.6 Å². The van der Waals surface area contributed by atoms with Gasteiger partial charge in [0.05, 0.1) is 5.56 Å². The smallest absolute Gasteiger partial charge is 0.416 e. The molecule has 1 N–H and O–H groups in total. The molecule has 0 saturated carbocycles. The molecule has 2 heterocycles. The Morgan fingerprint density at radius 3 is 2.40 bits per heavy atom. The van der Waals surface area contributed by atoms with Gasteiger partial charge in [-0.05, 0) is 87.2 Å². The summed E-state index contributed by atoms with van der Waals surface area (Å²) in [6.45, 7) is 8.21. The number of aryl methyl sites for hydroxylation is 1. The normalized spacial score (nSPS) is 15.0. The van der Waals surface area contributed by atoms with Crippen LogP contribution in [0.2, 0.25) is 0 Å². The summed E-state index contributed by atoms with van der Waals surface area (Å²) in [4.78, 5) is 33.6. The third-order valence-electron chi connectivity index (χ3n) is 7.32. The fourth-order valence-electron chi connectivity index (χ4n) is 5.07. The number of benzene rings is 2. The van der Waals surface area contributed by atoms with Crippen LogP contribution in [0.1, 0.15) is 49.1 Å². The number of anilines is 2. The number of hydrogen-bond donors (Lipinski definition) is 1. The molecule has 0 spiro atoms. The number of amides is 1. The number of piperidine rings is 1. The van der Waals surface area contributed by atoms with E-state index in [4.69, 9.17) is 4.74 Å². The number of pyridine rings is 1. The van der Waals surface area contributed by atoms with Crippen molar-refractivity contribution in [2.45, 2.75) is 58.4 Å². The number of rotatable bonds is 10. The van der Waals surface area contributed by atoms with Crippen LogP contribution in [0, 0.1) is 6.92 Å². The van der Waals surface area contributed by atoms with Gasteiger partial charge in [0.15, 0.2) is 5.76 Å². The van der Waals surface area contributed by atoms with Gasteiger partial charge in [0.25, 0.3) is 12.4 Å². The van der Waals surface area contributed by atoms with Crippen LogP contribution in [0.3, 0.4) is 0 Å². The molecule has 0 aliphatic carbocycles. The highest BCUT2D eigenvalue weighted by molar-refractivity contribution is 5.97. The first-order chi connectivity index (χ1) is 20.0. The predicted octanol–water partition coefficient (Wildman–Crippen LogP) is 6.57. The van der Waals surface area contributed by atoms with E-state index in [1.54, 1.807) is 11.1 Å². The van der Waals surface area contributed by atoms with Crippen LogP contribution >= 0.6 is 0 Å². The topological polar surface area (TPSA) is 74.8 Å². The Morgan fingerprint density at radius 1 is 1.10 bits per heavy atom. The maximum absolute atomic E-state index is 14.0. The van der Waals surface area contributed by atoms with Gasteiger partial charge >= 0.3 is 6.18 Å². The van der Waals surface area contributed by atoms with Crippen molar-refractivity contribution in [1.29, 1.82) is 0 Å². The van der Waals surface area contributed by atoms with Crippen LogP contribution in [-0.2, 0) is 27.0 Å². The van der Waals surface area contributed by atoms with Crippen LogP contribution in [0.5, 0.6) is 0 Å². The Labute approximate surface area is 244 Å². The second kappa shape index (κ2) is 13.7. The lowest BCUT2D eigenvalue weighted by Gasteiger charge is -2.40. The quantitative estimate of drug-likeness (QED) is 0.166. The molecule has 1 saturated heterocycles. The maximum Gasteiger partial charge on any atom is 0.416 e. The Kier molecular flexibility index (Phi) is 10.0. The second-order valence-electron chi connectivity index (χ2n) is 10.6. The fraction of sp³-hybridized carbons (Fsp3) is 0.344. The van der Waals surface area contributed by atoms with Gasteiger partial charge in [0.1, 0.15) is 0 Å². The van der Waals surface area contributed by atoms with E-state index >= 15 is 0 Å². The van der Waals surface area contributed by atoms with Crippen LogP contribution in [0.4, 0.5) is 24.5 Å². The molecule has 1 amide bonds. The van der Waals surface area contributed by atoms with Crippen LogP contribution in [0.15, 0.2) is 72.6 Å². The number of ether oxygens (including phenoxy) is 1. The Hall–Kier alpha value is -4.18. The van der Waals surface area contributed by atoms with Crippen molar-refractivity contribution in [3.8, 4) is 0 Å². The maximum atomic E-state index is 14.0. The molecule has 3 aromatic rings. The molecule has 7 nitrogen and oxygen atoms in total. The van der Waals surface area contributed by atoms with Crippen molar-refractivity contribution in [2.24, 2.45) is 0 Å². The monoisotopic (exact) mass is 580 g/mol. The average molecular weight is 581 g/mol. The van der Waals surface area contributed by atoms with E-state index in [2.05, 4.69) is 29.0 Å². The molecule has 0 radical (unpaired) electrons. The first-order valence-corrected chi connectivity index (χ1v) is 13.9. The lowest BCUT2D eigenvalue weighted by Crippen LogP contribution is -2.49. The van der Waals surface area contributed by atoms with E-state index in [-0.39, 0.29) is 24.8 Å². The van der Waals surface area contributed by atoms with Gasteiger partial charge in [-0.2, -0.15) is 13.2 Å². The summed E-state index contributed by atoms with van der Waals surface area (Å²) in [5, 5.41) is 3.36. The number of carbonyl (C=O) groups excluding carboxylic acids is 2. The molecular weight excluding hydrogens is 545 g/mol. The number of alkyl halides is 3. The molecule has 1 fully saturated rings. The molecule has 1 aliphatic rings. The first-order valence-electron chi connectivity index (χ1n) is 13.9. The molecule has 42 heavy (non-hydrogen) atoms. The summed E-state index contributed by atoms with van der Waals surface area (Å²) < 4.78 is 44.2. The zero-order valence-electron chi connectivity index (χ0n) is 23.9. The SMILES string of the molecule is Cc1cc(Nc2cccc(CN(C(=O)/C(=C\c3ccc(C(F)(F)F)cc3)OC=O)C3CCN(C(C)C)CC3)c2)ccn1. The minimum absolute atomic E-state index is 0.127. The summed E-state index contributed by atoms with van der Waals surface area (Å²) in [6, 6.07) is 16.1. The average Bonchev–Trinajstić information content (AvgIpc) is 2.95. The van der Waals surface area contributed by atoms with E-state index in [1.807, 2.05) is 43.3 Å². The third kappa shape index (κ3) is 8.19. The summed E-state index contributed by atoms with van der Waals surface area (Å²) in [7, 11) is 0. The van der Waals surface area contributed by atoms with Gasteiger partial charge in [-0.25, -0.2) is 0 Å². The number of likely N-dealkylation sites (tertiary alicyclic amines) is 1. The minimum atomic E-state index is -4.48. The highest BCUT2D eigenvalue weighted by Gasteiger charge is 2.32. The summed E-state index contributed by atoms with van der Waals surface area (Å²) in [6.07, 6.45) is 0.000949. The van der Waals surface area contributed by atoms with E-state index in [0.29, 0.717) is 11.6 Å². The molecule has 0 bridgehead atoms. The summed E-state index contributed by atoms with van der Waals surface area (Å²) in [5.74, 6) is -0.759. The Bertz CT molecular complexity index is 1400. The van der Waals surface area contributed by atoms with Crippen molar-refractivity contribution in [3.05, 3.63) is 95.0 Å². The molecule has 2 aromatic carbocycles. The number of nitrogens with zero attached hydrogens (tertiary/aromatic N) is 3. The summed E-state index contributed by atoms with van der Waals surface area (Å²) >= 11 is 0. The zero-order valence-corrected chi connectivity index (χ0v) is 23.9. The van der Waals surface area contributed by atoms with Crippen molar-refractivity contribution in [2.75, 3.05) is 18.4 Å². The van der Waals surface area contributed by atoms with Gasteiger partial charge in [0, 0.05) is 55.0 Å². The highest BCUT2D eigenvalue weighted by Crippen LogP contribution is 2.30. The largest absolute Gasteiger partial charge is 0.423 e. The summed E-state index contributed by atoms with van der Waals surface area (Å²) in [5.41, 5.74) is 2.97. The van der Waals surface area contributed by atoms with E-state index in [1.165, 1.54) is 18.2 Å². The van der Waals surface area contributed by atoms with Crippen molar-refractivity contribution >= 4 is 29.8 Å². The van der Waals surface area contributed by atoms with Crippen molar-refractivity contribution in [3.63, 3.8) is 0 Å². The zero-order chi connectivity index (χ0) is 30.3. The molecule has 0 atom stereocenters. The number of hydrogen-bond acceptors (Lipinski definition) is 6. The van der Waals surface area contributed by atoms with E-state index in [0.717, 1.165) is 60.7 Å². The highest BCUT2D eigenvalue weighted by atomic mass is 19.4. The lowest BCUT2D eigenvalue weighted by molar-refractivity contribution is -0.139. The first kappa shape index (κ1) is 30.8. The Balaban J connectivity index is 1.62. The number of halogens is 3. The lowest BCUT2D eigenvalue weighted by atomic mass is 10.00. The molecule has 10 heteroatoms. The molecule has 1 aliphatic heterocycles. The third-order valence-corrected chi connectivity index (χ3v) is 7.32. The van der Waals surface area contributed by atoms with Gasteiger partial charge in [-0.1, -0.05) is 24.3 Å². The molecular formula is C32H35F3N4O3. The van der Waals surface area contributed by atoms with E-state index in [9.17, 15) is 22.8 Å². The van der Waals surface area contributed by atoms with Crippen LogP contribution in [0.25, 0.3) is 6.08 Å². The molecule has 1 aromatic heterocycles. The predicted molar refractivity (Wildman–Crippen MR) is 156 cm³/mol. The van der Waals surface area contributed by atoms with Crippen molar-refractivity contribution < 1.29 is 27.5 Å². The van der Waals surface area contributed by atoms with Crippen LogP contribution < -0.4 is 5.32 Å².